The van der Waals surface area contributed by atoms with E-state index >= 15 is 0 Å². The van der Waals surface area contributed by atoms with Crippen molar-refractivity contribution in [3.8, 4) is 0 Å². The summed E-state index contributed by atoms with van der Waals surface area (Å²) in [7, 11) is 2.07. The summed E-state index contributed by atoms with van der Waals surface area (Å²) < 4.78 is 5.54. The van der Waals surface area contributed by atoms with E-state index in [4.69, 9.17) is 16.3 Å². The van der Waals surface area contributed by atoms with Gasteiger partial charge in [-0.2, -0.15) is 0 Å². The molecule has 5 heteroatoms. The van der Waals surface area contributed by atoms with E-state index in [0.717, 1.165) is 31.3 Å². The zero-order chi connectivity index (χ0) is 14.8. The van der Waals surface area contributed by atoms with E-state index in [1.807, 2.05) is 24.3 Å². The normalized spacial score (nSPS) is 17.0. The molecule has 0 atom stereocenters. The van der Waals surface area contributed by atoms with Gasteiger partial charge in [0.2, 0.25) is 0 Å². The highest BCUT2D eigenvalue weighted by Gasteiger charge is 2.22. The van der Waals surface area contributed by atoms with Gasteiger partial charge in [-0.1, -0.05) is 29.8 Å². The van der Waals surface area contributed by atoms with E-state index in [9.17, 15) is 4.79 Å². The van der Waals surface area contributed by atoms with E-state index in [-0.39, 0.29) is 11.8 Å². The van der Waals surface area contributed by atoms with E-state index in [1.165, 1.54) is 0 Å². The second-order valence-corrected chi connectivity index (χ2v) is 5.82. The molecule has 2 heterocycles. The largest absolute Gasteiger partial charge is 0.458 e. The van der Waals surface area contributed by atoms with Crippen LogP contribution in [0.2, 0.25) is 5.02 Å². The van der Waals surface area contributed by atoms with Crippen molar-refractivity contribution in [3.63, 3.8) is 0 Å². The average molecular weight is 305 g/mol. The van der Waals surface area contributed by atoms with Gasteiger partial charge in [0.05, 0.1) is 10.5 Å². The van der Waals surface area contributed by atoms with Gasteiger partial charge in [-0.15, -0.1) is 0 Å². The molecule has 0 spiro atoms. The van der Waals surface area contributed by atoms with Crippen LogP contribution in [0.1, 0.15) is 23.3 Å². The minimum Gasteiger partial charge on any atom is -0.458 e. The molecule has 0 unspecified atom stereocenters. The van der Waals surface area contributed by atoms with E-state index in [1.54, 1.807) is 6.07 Å². The van der Waals surface area contributed by atoms with Crippen LogP contribution in [0.4, 0.5) is 0 Å². The lowest BCUT2D eigenvalue weighted by atomic mass is 10.1. The fourth-order valence-corrected chi connectivity index (χ4v) is 2.82. The molecule has 1 fully saturated rings. The quantitative estimate of drug-likeness (QED) is 0.799. The van der Waals surface area contributed by atoms with Gasteiger partial charge >= 0.3 is 5.97 Å². The number of ether oxygens (including phenoxy) is 1. The maximum Gasteiger partial charge on any atom is 0.357 e. The van der Waals surface area contributed by atoms with Gasteiger partial charge in [-0.05, 0) is 32.0 Å². The third-order valence-electron chi connectivity index (χ3n) is 3.81. The Kier molecular flexibility index (Phi) is 4.08. The number of carbonyl (C=O) groups excluding carboxylic acids is 1. The van der Waals surface area contributed by atoms with E-state index in [2.05, 4.69) is 16.9 Å². The number of pyridine rings is 1. The Labute approximate surface area is 128 Å². The number of likely N-dealkylation sites (tertiary alicyclic amines) is 1. The zero-order valence-electron chi connectivity index (χ0n) is 11.9. The summed E-state index contributed by atoms with van der Waals surface area (Å²) in [6.45, 7) is 1.90. The second-order valence-electron chi connectivity index (χ2n) is 5.41. The number of fused-ring (bicyclic) bond motifs is 1. The number of carbonyl (C=O) groups is 1. The number of aromatic nitrogens is 1. The van der Waals surface area contributed by atoms with Crippen LogP contribution < -0.4 is 0 Å². The number of nitrogens with zero attached hydrogens (tertiary/aromatic N) is 2. The topological polar surface area (TPSA) is 42.4 Å². The van der Waals surface area contributed by atoms with Crippen LogP contribution in [0.5, 0.6) is 0 Å². The fraction of sp³-hybridized carbons (Fsp3) is 0.375. The minimum atomic E-state index is -0.391. The van der Waals surface area contributed by atoms with Crippen LogP contribution in [-0.2, 0) is 4.74 Å². The van der Waals surface area contributed by atoms with Crippen molar-refractivity contribution in [2.45, 2.75) is 18.9 Å². The molecule has 2 aromatic rings. The Hall–Kier alpha value is -1.65. The van der Waals surface area contributed by atoms with Crippen molar-refractivity contribution in [3.05, 3.63) is 41.0 Å². The molecule has 1 aliphatic rings. The Balaban J connectivity index is 1.78. The first-order chi connectivity index (χ1) is 10.1. The summed E-state index contributed by atoms with van der Waals surface area (Å²) in [5.74, 6) is -0.391. The van der Waals surface area contributed by atoms with Crippen molar-refractivity contribution >= 4 is 28.5 Å². The van der Waals surface area contributed by atoms with Crippen LogP contribution in [0, 0.1) is 0 Å². The third kappa shape index (κ3) is 3.17. The summed E-state index contributed by atoms with van der Waals surface area (Å²) in [5.41, 5.74) is 0.984. The number of benzene rings is 1. The van der Waals surface area contributed by atoms with Crippen LogP contribution in [0.3, 0.4) is 0 Å². The number of hydrogen-bond donors (Lipinski definition) is 0. The molecular weight excluding hydrogens is 288 g/mol. The lowest BCUT2D eigenvalue weighted by molar-refractivity contribution is 0.0133. The lowest BCUT2D eigenvalue weighted by Gasteiger charge is -2.28. The molecule has 0 saturated carbocycles. The summed E-state index contributed by atoms with van der Waals surface area (Å²) >= 11 is 6.21. The lowest BCUT2D eigenvalue weighted by Crippen LogP contribution is -2.35. The fourth-order valence-electron chi connectivity index (χ4n) is 2.55. The van der Waals surface area contributed by atoms with Crippen LogP contribution >= 0.6 is 11.6 Å². The van der Waals surface area contributed by atoms with Crippen molar-refractivity contribution < 1.29 is 9.53 Å². The molecule has 110 valence electrons. The predicted molar refractivity (Wildman–Crippen MR) is 82.7 cm³/mol. The summed E-state index contributed by atoms with van der Waals surface area (Å²) in [4.78, 5) is 18.8. The first-order valence-electron chi connectivity index (χ1n) is 7.08. The molecule has 4 nitrogen and oxygen atoms in total. The molecule has 1 aromatic carbocycles. The number of para-hydroxylation sites is 1. The predicted octanol–water partition coefficient (Wildman–Crippen LogP) is 3.14. The van der Waals surface area contributed by atoms with Crippen LogP contribution in [-0.4, -0.2) is 42.1 Å². The molecule has 0 bridgehead atoms. The third-order valence-corrected chi connectivity index (χ3v) is 4.13. The monoisotopic (exact) mass is 304 g/mol. The maximum atomic E-state index is 12.2. The van der Waals surface area contributed by atoms with Crippen LogP contribution in [0.15, 0.2) is 30.3 Å². The van der Waals surface area contributed by atoms with Gasteiger partial charge in [0.1, 0.15) is 6.10 Å². The van der Waals surface area contributed by atoms with Crippen molar-refractivity contribution in [2.24, 2.45) is 0 Å². The van der Waals surface area contributed by atoms with Crippen LogP contribution in [0.25, 0.3) is 10.9 Å². The number of hydrogen-bond acceptors (Lipinski definition) is 4. The Bertz CT molecular complexity index is 666. The minimum absolute atomic E-state index is 0.0271. The Morgan fingerprint density at radius 1 is 1.33 bits per heavy atom. The molecule has 1 saturated heterocycles. The number of esters is 1. The first kappa shape index (κ1) is 14.3. The summed E-state index contributed by atoms with van der Waals surface area (Å²) in [5, 5.41) is 1.37. The molecule has 3 rings (SSSR count). The molecule has 0 amide bonds. The van der Waals surface area contributed by atoms with Crippen molar-refractivity contribution in [1.29, 1.82) is 0 Å². The van der Waals surface area contributed by atoms with Gasteiger partial charge < -0.3 is 9.64 Å². The Morgan fingerprint density at radius 3 is 2.81 bits per heavy atom. The molecule has 0 radical (unpaired) electrons. The molecule has 1 aromatic heterocycles. The first-order valence-corrected chi connectivity index (χ1v) is 7.46. The highest BCUT2D eigenvalue weighted by atomic mass is 35.5. The average Bonchev–Trinajstić information content (AvgIpc) is 2.49. The highest BCUT2D eigenvalue weighted by molar-refractivity contribution is 6.35. The van der Waals surface area contributed by atoms with Gasteiger partial charge in [-0.25, -0.2) is 9.78 Å². The molecule has 0 aliphatic carbocycles. The van der Waals surface area contributed by atoms with Crippen molar-refractivity contribution in [1.82, 2.24) is 9.88 Å². The second kappa shape index (κ2) is 6.00. The summed E-state index contributed by atoms with van der Waals surface area (Å²) in [6, 6.07) is 9.08. The van der Waals surface area contributed by atoms with Gasteiger partial charge in [0.15, 0.2) is 5.69 Å². The Morgan fingerprint density at radius 2 is 2.05 bits per heavy atom. The smallest absolute Gasteiger partial charge is 0.357 e. The van der Waals surface area contributed by atoms with Gasteiger partial charge in [-0.3, -0.25) is 0 Å². The van der Waals surface area contributed by atoms with Gasteiger partial charge in [0.25, 0.3) is 0 Å². The van der Waals surface area contributed by atoms with Gasteiger partial charge in [0, 0.05) is 18.5 Å². The number of halogens is 1. The van der Waals surface area contributed by atoms with E-state index in [0.29, 0.717) is 10.5 Å². The molecule has 21 heavy (non-hydrogen) atoms. The highest BCUT2D eigenvalue weighted by Crippen LogP contribution is 2.23. The van der Waals surface area contributed by atoms with Crippen molar-refractivity contribution in [2.75, 3.05) is 20.1 Å². The maximum absolute atomic E-state index is 12.2. The SMILES string of the molecule is CN1CCC(OC(=O)c2cc(Cl)c3ccccc3n2)CC1. The number of piperidine rings is 1. The zero-order valence-corrected chi connectivity index (χ0v) is 12.6. The molecule has 1 aliphatic heterocycles. The molecular formula is C16H17ClN2O2. The number of rotatable bonds is 2. The standard InChI is InChI=1S/C16H17ClN2O2/c1-19-8-6-11(7-9-19)21-16(20)15-10-13(17)12-4-2-3-5-14(12)18-15/h2-5,10-11H,6-9H2,1H3. The van der Waals surface area contributed by atoms with E-state index < -0.39 is 5.97 Å². The summed E-state index contributed by atoms with van der Waals surface area (Å²) in [6.07, 6.45) is 1.70. The molecule has 0 N–H and O–H groups in total.